The average molecular weight is 308 g/mol. The first kappa shape index (κ1) is 13.5. The molecule has 1 unspecified atom stereocenters. The van der Waals surface area contributed by atoms with Gasteiger partial charge in [-0.15, -0.1) is 11.3 Å². The molecule has 3 nitrogen and oxygen atoms in total. The van der Waals surface area contributed by atoms with E-state index < -0.39 is 0 Å². The van der Waals surface area contributed by atoms with Crippen molar-refractivity contribution in [3.63, 3.8) is 0 Å². The largest absolute Gasteiger partial charge is 0.493 e. The molecule has 2 heterocycles. The number of benzene rings is 1. The van der Waals surface area contributed by atoms with E-state index in [1.54, 1.807) is 12.1 Å². The predicted molar refractivity (Wildman–Crippen MR) is 80.8 cm³/mol. The third kappa shape index (κ3) is 2.97. The number of carbonyl (C=O) groups is 1. The molecule has 1 N–H and O–H groups in total. The van der Waals surface area contributed by atoms with Crippen LogP contribution in [0.25, 0.3) is 0 Å². The molecule has 104 valence electrons. The third-order valence-corrected chi connectivity index (χ3v) is 4.53. The number of para-hydroxylation sites is 1. The van der Waals surface area contributed by atoms with Crippen molar-refractivity contribution in [2.75, 3.05) is 13.2 Å². The zero-order valence-corrected chi connectivity index (χ0v) is 12.3. The zero-order chi connectivity index (χ0) is 13.9. The quantitative estimate of drug-likeness (QED) is 0.944. The topological polar surface area (TPSA) is 38.3 Å². The maximum atomic E-state index is 11.9. The summed E-state index contributed by atoms with van der Waals surface area (Å²) in [6.07, 6.45) is 0.932. The highest BCUT2D eigenvalue weighted by molar-refractivity contribution is 7.17. The van der Waals surface area contributed by atoms with E-state index in [2.05, 4.69) is 11.4 Å². The van der Waals surface area contributed by atoms with Crippen LogP contribution in [-0.4, -0.2) is 19.1 Å². The van der Waals surface area contributed by atoms with Crippen LogP contribution in [0, 0.1) is 5.92 Å². The van der Waals surface area contributed by atoms with Gasteiger partial charge in [0.2, 0.25) is 0 Å². The number of halogens is 1. The number of amides is 1. The Kier molecular flexibility index (Phi) is 3.94. The van der Waals surface area contributed by atoms with Crippen LogP contribution in [0.15, 0.2) is 36.4 Å². The van der Waals surface area contributed by atoms with Crippen molar-refractivity contribution in [3.8, 4) is 5.75 Å². The summed E-state index contributed by atoms with van der Waals surface area (Å²) < 4.78 is 6.34. The van der Waals surface area contributed by atoms with Crippen LogP contribution in [0.5, 0.6) is 5.75 Å². The SMILES string of the molecule is O=C(NCC1COc2ccccc2C1)c1ccc(Cl)s1. The molecule has 0 saturated carbocycles. The Morgan fingerprint density at radius 2 is 2.20 bits per heavy atom. The molecule has 0 bridgehead atoms. The van der Waals surface area contributed by atoms with E-state index in [-0.39, 0.29) is 5.91 Å². The van der Waals surface area contributed by atoms with Crippen molar-refractivity contribution in [3.05, 3.63) is 51.2 Å². The molecule has 20 heavy (non-hydrogen) atoms. The molecule has 1 amide bonds. The minimum absolute atomic E-state index is 0.0687. The highest BCUT2D eigenvalue weighted by Gasteiger charge is 2.20. The second-order valence-corrected chi connectivity index (χ2v) is 6.52. The first-order chi connectivity index (χ1) is 9.72. The normalized spacial score (nSPS) is 17.1. The second kappa shape index (κ2) is 5.85. The minimum Gasteiger partial charge on any atom is -0.493 e. The molecular formula is C15H14ClNO2S. The molecule has 1 aromatic carbocycles. The predicted octanol–water partition coefficient (Wildman–Crippen LogP) is 3.38. The van der Waals surface area contributed by atoms with Crippen LogP contribution < -0.4 is 10.1 Å². The summed E-state index contributed by atoms with van der Waals surface area (Å²) in [5, 5.41) is 2.95. The fraction of sp³-hybridized carbons (Fsp3) is 0.267. The second-order valence-electron chi connectivity index (χ2n) is 4.80. The van der Waals surface area contributed by atoms with Crippen LogP contribution in [0.4, 0.5) is 0 Å². The van der Waals surface area contributed by atoms with Crippen LogP contribution in [0.1, 0.15) is 15.2 Å². The summed E-state index contributed by atoms with van der Waals surface area (Å²) in [6.45, 7) is 1.26. The highest BCUT2D eigenvalue weighted by atomic mass is 35.5. The Morgan fingerprint density at radius 1 is 1.35 bits per heavy atom. The van der Waals surface area contributed by atoms with E-state index in [1.165, 1.54) is 16.9 Å². The number of hydrogen-bond acceptors (Lipinski definition) is 3. The maximum absolute atomic E-state index is 11.9. The molecule has 3 rings (SSSR count). The highest BCUT2D eigenvalue weighted by Crippen LogP contribution is 2.26. The number of carbonyl (C=O) groups excluding carboxylic acids is 1. The molecule has 0 spiro atoms. The van der Waals surface area contributed by atoms with E-state index in [9.17, 15) is 4.79 Å². The van der Waals surface area contributed by atoms with Crippen molar-refractivity contribution in [1.82, 2.24) is 5.32 Å². The van der Waals surface area contributed by atoms with Gasteiger partial charge in [0.15, 0.2) is 0 Å². The molecule has 1 aliphatic heterocycles. The lowest BCUT2D eigenvalue weighted by Crippen LogP contribution is -2.34. The van der Waals surface area contributed by atoms with Gasteiger partial charge in [0.1, 0.15) is 5.75 Å². The summed E-state index contributed by atoms with van der Waals surface area (Å²) in [5.41, 5.74) is 1.21. The average Bonchev–Trinajstić information content (AvgIpc) is 2.91. The Morgan fingerprint density at radius 3 is 3.00 bits per heavy atom. The fourth-order valence-electron chi connectivity index (χ4n) is 2.28. The van der Waals surface area contributed by atoms with Crippen LogP contribution >= 0.6 is 22.9 Å². The lowest BCUT2D eigenvalue weighted by atomic mass is 9.97. The van der Waals surface area contributed by atoms with Crippen molar-refractivity contribution < 1.29 is 9.53 Å². The lowest BCUT2D eigenvalue weighted by molar-refractivity contribution is 0.0943. The number of rotatable bonds is 3. The summed E-state index contributed by atoms with van der Waals surface area (Å²) in [5.74, 6) is 1.20. The fourth-order valence-corrected chi connectivity index (χ4v) is 3.24. The van der Waals surface area contributed by atoms with E-state index in [0.29, 0.717) is 28.3 Å². The Bertz CT molecular complexity index is 626. The standard InChI is InChI=1S/C15H14ClNO2S/c16-14-6-5-13(20-14)15(18)17-8-10-7-11-3-1-2-4-12(11)19-9-10/h1-6,10H,7-9H2,(H,17,18). The van der Waals surface area contributed by atoms with Crippen LogP contribution in [0.3, 0.4) is 0 Å². The van der Waals surface area contributed by atoms with Gasteiger partial charge in [0, 0.05) is 12.5 Å². The van der Waals surface area contributed by atoms with Crippen LogP contribution in [-0.2, 0) is 6.42 Å². The van der Waals surface area contributed by atoms with Gasteiger partial charge in [0.25, 0.3) is 5.91 Å². The molecule has 5 heteroatoms. The smallest absolute Gasteiger partial charge is 0.261 e. The maximum Gasteiger partial charge on any atom is 0.261 e. The van der Waals surface area contributed by atoms with Gasteiger partial charge < -0.3 is 10.1 Å². The summed E-state index contributed by atoms with van der Waals surface area (Å²) in [4.78, 5) is 12.6. The number of thiophene rings is 1. The van der Waals surface area contributed by atoms with Gasteiger partial charge in [-0.25, -0.2) is 0 Å². The van der Waals surface area contributed by atoms with Gasteiger partial charge in [-0.2, -0.15) is 0 Å². The molecule has 2 aromatic rings. The van der Waals surface area contributed by atoms with Gasteiger partial charge in [-0.05, 0) is 30.2 Å². The molecular weight excluding hydrogens is 294 g/mol. The molecule has 1 atom stereocenters. The molecule has 0 aliphatic carbocycles. The monoisotopic (exact) mass is 307 g/mol. The van der Waals surface area contributed by atoms with Crippen molar-refractivity contribution in [1.29, 1.82) is 0 Å². The first-order valence-corrected chi connectivity index (χ1v) is 7.66. The van der Waals surface area contributed by atoms with E-state index in [4.69, 9.17) is 16.3 Å². The number of nitrogens with one attached hydrogen (secondary N) is 1. The lowest BCUT2D eigenvalue weighted by Gasteiger charge is -2.25. The molecule has 1 aromatic heterocycles. The van der Waals surface area contributed by atoms with Gasteiger partial charge in [-0.3, -0.25) is 4.79 Å². The van der Waals surface area contributed by atoms with Gasteiger partial charge in [0.05, 0.1) is 15.8 Å². The first-order valence-electron chi connectivity index (χ1n) is 6.46. The van der Waals surface area contributed by atoms with E-state index in [0.717, 1.165) is 12.2 Å². The van der Waals surface area contributed by atoms with E-state index >= 15 is 0 Å². The minimum atomic E-state index is -0.0687. The van der Waals surface area contributed by atoms with Gasteiger partial charge >= 0.3 is 0 Å². The van der Waals surface area contributed by atoms with E-state index in [1.807, 2.05) is 18.2 Å². The molecule has 0 saturated heterocycles. The summed E-state index contributed by atoms with van der Waals surface area (Å²) in [6, 6.07) is 11.5. The zero-order valence-electron chi connectivity index (χ0n) is 10.8. The van der Waals surface area contributed by atoms with Crippen LogP contribution in [0.2, 0.25) is 4.34 Å². The number of fused-ring (bicyclic) bond motifs is 1. The Labute approximate surface area is 126 Å². The Balaban J connectivity index is 1.56. The molecule has 1 aliphatic rings. The van der Waals surface area contributed by atoms with Gasteiger partial charge in [-0.1, -0.05) is 29.8 Å². The van der Waals surface area contributed by atoms with Crippen molar-refractivity contribution in [2.24, 2.45) is 5.92 Å². The number of hydrogen-bond donors (Lipinski definition) is 1. The molecule has 0 radical (unpaired) electrons. The van der Waals surface area contributed by atoms with Crippen molar-refractivity contribution >= 4 is 28.8 Å². The third-order valence-electron chi connectivity index (χ3n) is 3.30. The summed E-state index contributed by atoms with van der Waals surface area (Å²) >= 11 is 7.12. The summed E-state index contributed by atoms with van der Waals surface area (Å²) in [7, 11) is 0. The Hall–Kier alpha value is -1.52. The van der Waals surface area contributed by atoms with Crippen molar-refractivity contribution in [2.45, 2.75) is 6.42 Å². The number of ether oxygens (including phenoxy) is 1. The molecule has 0 fully saturated rings.